The summed E-state index contributed by atoms with van der Waals surface area (Å²) in [5.41, 5.74) is 0.451. The van der Waals surface area contributed by atoms with Crippen molar-refractivity contribution in [3.8, 4) is 0 Å². The predicted octanol–water partition coefficient (Wildman–Crippen LogP) is 3.40. The number of pyridine rings is 1. The lowest BCUT2D eigenvalue weighted by Gasteiger charge is -2.22. The summed E-state index contributed by atoms with van der Waals surface area (Å²) in [6.45, 7) is 2.84. The van der Waals surface area contributed by atoms with Crippen molar-refractivity contribution in [1.29, 1.82) is 0 Å². The molecule has 6 heteroatoms. The van der Waals surface area contributed by atoms with E-state index in [1.165, 1.54) is 24.3 Å². The molecule has 2 heterocycles. The fraction of sp³-hybridized carbons (Fsp3) is 0.500. The highest BCUT2D eigenvalue weighted by atomic mass is 35.5. The third-order valence-electron chi connectivity index (χ3n) is 2.95. The molecule has 0 bridgehead atoms. The lowest BCUT2D eigenvalue weighted by Crippen LogP contribution is -2.36. The Labute approximate surface area is 121 Å². The van der Waals surface area contributed by atoms with E-state index >= 15 is 0 Å². The van der Waals surface area contributed by atoms with E-state index in [0.29, 0.717) is 12.1 Å². The summed E-state index contributed by atoms with van der Waals surface area (Å²) in [4.78, 5) is 15.8. The number of hydrogen-bond donors (Lipinski definition) is 1. The maximum Gasteiger partial charge on any atom is 0.251 e. The smallest absolute Gasteiger partial charge is 0.251 e. The van der Waals surface area contributed by atoms with Crippen LogP contribution in [-0.4, -0.2) is 27.9 Å². The van der Waals surface area contributed by atoms with Gasteiger partial charge in [0.05, 0.1) is 0 Å². The average Bonchev–Trinajstić information content (AvgIpc) is 2.72. The second-order valence-corrected chi connectivity index (χ2v) is 7.04. The van der Waals surface area contributed by atoms with Crippen molar-refractivity contribution < 1.29 is 4.79 Å². The number of halogens is 2. The molecule has 18 heavy (non-hydrogen) atoms. The molecular weight excluding hydrogens is 291 g/mol. The molecule has 1 amide bonds. The minimum atomic E-state index is -0.157. The summed E-state index contributed by atoms with van der Waals surface area (Å²) >= 11 is 13.4. The number of aromatic nitrogens is 1. The third kappa shape index (κ3) is 3.53. The first kappa shape index (κ1) is 14.0. The Balaban J connectivity index is 1.99. The van der Waals surface area contributed by atoms with Gasteiger partial charge in [0.1, 0.15) is 10.3 Å². The number of hydrogen-bond acceptors (Lipinski definition) is 3. The summed E-state index contributed by atoms with van der Waals surface area (Å²) < 4.78 is 0.149. The van der Waals surface area contributed by atoms with Gasteiger partial charge in [-0.1, -0.05) is 23.2 Å². The summed E-state index contributed by atoms with van der Waals surface area (Å²) in [5, 5.41) is 3.39. The van der Waals surface area contributed by atoms with Gasteiger partial charge in [-0.25, -0.2) is 4.98 Å². The van der Waals surface area contributed by atoms with E-state index in [4.69, 9.17) is 23.2 Å². The van der Waals surface area contributed by atoms with Gasteiger partial charge < -0.3 is 5.32 Å². The fourth-order valence-corrected chi connectivity index (χ4v) is 3.65. The van der Waals surface area contributed by atoms with Crippen LogP contribution >= 0.6 is 35.0 Å². The van der Waals surface area contributed by atoms with Crippen LogP contribution in [0.1, 0.15) is 30.1 Å². The van der Waals surface area contributed by atoms with Crippen LogP contribution in [0.5, 0.6) is 0 Å². The molecule has 1 fully saturated rings. The van der Waals surface area contributed by atoms with Crippen LogP contribution in [0.15, 0.2) is 12.1 Å². The molecule has 1 unspecified atom stereocenters. The summed E-state index contributed by atoms with van der Waals surface area (Å²) in [7, 11) is 0. The highest BCUT2D eigenvalue weighted by molar-refractivity contribution is 8.00. The van der Waals surface area contributed by atoms with Crippen molar-refractivity contribution >= 4 is 40.9 Å². The third-order valence-corrected chi connectivity index (χ3v) is 4.87. The van der Waals surface area contributed by atoms with Gasteiger partial charge in [-0.3, -0.25) is 4.79 Å². The topological polar surface area (TPSA) is 42.0 Å². The lowest BCUT2D eigenvalue weighted by atomic mass is 10.1. The van der Waals surface area contributed by atoms with Crippen molar-refractivity contribution in [2.24, 2.45) is 0 Å². The maximum absolute atomic E-state index is 12.0. The first-order valence-electron chi connectivity index (χ1n) is 5.74. The van der Waals surface area contributed by atoms with Crippen LogP contribution in [0.2, 0.25) is 10.3 Å². The number of carbonyl (C=O) groups excluding carboxylic acids is 1. The summed E-state index contributed by atoms with van der Waals surface area (Å²) in [6, 6.07) is 3.04. The monoisotopic (exact) mass is 304 g/mol. The number of amides is 1. The Morgan fingerprint density at radius 3 is 2.72 bits per heavy atom. The van der Waals surface area contributed by atoms with Crippen LogP contribution < -0.4 is 5.32 Å². The fourth-order valence-electron chi connectivity index (χ4n) is 1.94. The molecule has 1 aromatic heterocycles. The summed E-state index contributed by atoms with van der Waals surface area (Å²) in [5.74, 6) is 1.01. The van der Waals surface area contributed by atoms with E-state index in [2.05, 4.69) is 17.2 Å². The molecule has 1 aliphatic rings. The number of nitrogens with zero attached hydrogens (tertiary/aromatic N) is 1. The second kappa shape index (κ2) is 5.68. The van der Waals surface area contributed by atoms with Crippen LogP contribution in [0.3, 0.4) is 0 Å². The van der Waals surface area contributed by atoms with Gasteiger partial charge in [-0.2, -0.15) is 11.8 Å². The molecule has 2 rings (SSSR count). The van der Waals surface area contributed by atoms with E-state index in [9.17, 15) is 4.79 Å². The van der Waals surface area contributed by atoms with Crippen molar-refractivity contribution in [1.82, 2.24) is 10.3 Å². The van der Waals surface area contributed by atoms with Crippen LogP contribution in [0, 0.1) is 0 Å². The SMILES string of the molecule is CC1(CNC(=O)c2cc(Cl)nc(Cl)c2)CCCS1. The van der Waals surface area contributed by atoms with Gasteiger partial charge in [0, 0.05) is 16.9 Å². The van der Waals surface area contributed by atoms with Gasteiger partial charge >= 0.3 is 0 Å². The first-order chi connectivity index (χ1) is 8.48. The Kier molecular flexibility index (Phi) is 4.41. The highest BCUT2D eigenvalue weighted by Crippen LogP contribution is 2.37. The molecule has 0 spiro atoms. The molecule has 1 atom stereocenters. The van der Waals surface area contributed by atoms with E-state index < -0.39 is 0 Å². The largest absolute Gasteiger partial charge is 0.351 e. The minimum Gasteiger partial charge on any atom is -0.351 e. The average molecular weight is 305 g/mol. The van der Waals surface area contributed by atoms with Crippen LogP contribution in [0.25, 0.3) is 0 Å². The van der Waals surface area contributed by atoms with Crippen LogP contribution in [-0.2, 0) is 0 Å². The molecule has 0 aromatic carbocycles. The minimum absolute atomic E-state index is 0.149. The molecule has 1 aromatic rings. The first-order valence-corrected chi connectivity index (χ1v) is 7.48. The molecule has 1 saturated heterocycles. The normalized spacial score (nSPS) is 23.1. The standard InChI is InChI=1S/C12H14Cl2N2OS/c1-12(3-2-4-18-12)7-15-11(17)8-5-9(13)16-10(14)6-8/h5-6H,2-4,7H2,1H3,(H,15,17). The zero-order valence-corrected chi connectivity index (χ0v) is 12.3. The Morgan fingerprint density at radius 1 is 1.50 bits per heavy atom. The zero-order valence-electron chi connectivity index (χ0n) is 10.0. The van der Waals surface area contributed by atoms with Crippen molar-refractivity contribution in [2.75, 3.05) is 12.3 Å². The lowest BCUT2D eigenvalue weighted by molar-refractivity contribution is 0.0950. The van der Waals surface area contributed by atoms with Crippen molar-refractivity contribution in [3.05, 3.63) is 28.0 Å². The Morgan fingerprint density at radius 2 is 2.17 bits per heavy atom. The molecule has 98 valence electrons. The molecule has 0 aliphatic carbocycles. The van der Waals surface area contributed by atoms with Crippen molar-refractivity contribution in [2.45, 2.75) is 24.5 Å². The Hall–Kier alpha value is -0.450. The molecule has 0 saturated carbocycles. The molecule has 1 N–H and O–H groups in total. The Bertz CT molecular complexity index is 441. The van der Waals surface area contributed by atoms with E-state index in [1.54, 1.807) is 0 Å². The number of nitrogens with one attached hydrogen (secondary N) is 1. The molecular formula is C12H14Cl2N2OS. The number of carbonyl (C=O) groups is 1. The van der Waals surface area contributed by atoms with E-state index in [1.807, 2.05) is 11.8 Å². The van der Waals surface area contributed by atoms with Crippen LogP contribution in [0.4, 0.5) is 0 Å². The zero-order chi connectivity index (χ0) is 13.2. The van der Waals surface area contributed by atoms with Gasteiger partial charge in [-0.15, -0.1) is 0 Å². The molecule has 3 nitrogen and oxygen atoms in total. The van der Waals surface area contributed by atoms with Gasteiger partial charge in [0.25, 0.3) is 5.91 Å². The predicted molar refractivity (Wildman–Crippen MR) is 76.7 cm³/mol. The summed E-state index contributed by atoms with van der Waals surface area (Å²) in [6.07, 6.45) is 2.35. The second-order valence-electron chi connectivity index (χ2n) is 4.59. The van der Waals surface area contributed by atoms with Gasteiger partial charge in [-0.05, 0) is 37.7 Å². The van der Waals surface area contributed by atoms with Crippen molar-refractivity contribution in [3.63, 3.8) is 0 Å². The highest BCUT2D eigenvalue weighted by Gasteiger charge is 2.29. The maximum atomic E-state index is 12.0. The molecule has 1 aliphatic heterocycles. The van der Waals surface area contributed by atoms with Gasteiger partial charge in [0.15, 0.2) is 0 Å². The number of rotatable bonds is 3. The number of thioether (sulfide) groups is 1. The quantitative estimate of drug-likeness (QED) is 0.870. The molecule has 0 radical (unpaired) electrons. The van der Waals surface area contributed by atoms with Gasteiger partial charge in [0.2, 0.25) is 0 Å². The van der Waals surface area contributed by atoms with E-state index in [-0.39, 0.29) is 21.0 Å². The van der Waals surface area contributed by atoms with E-state index in [0.717, 1.165) is 6.42 Å².